The average Bonchev–Trinajstić information content (AvgIpc) is 3.02. The van der Waals surface area contributed by atoms with Crippen LogP contribution in [0.1, 0.15) is 49.0 Å². The number of amides is 2. The van der Waals surface area contributed by atoms with Gasteiger partial charge in [0.25, 0.3) is 5.91 Å². The number of carboxylic acid groups (broad SMARTS) is 1. The van der Waals surface area contributed by atoms with Crippen LogP contribution in [0.4, 0.5) is 0 Å². The van der Waals surface area contributed by atoms with E-state index in [1.165, 1.54) is 4.90 Å². The molecule has 1 aromatic rings. The van der Waals surface area contributed by atoms with Crippen LogP contribution in [-0.2, 0) is 16.1 Å². The maximum atomic E-state index is 12.5. The number of nitrogens with one attached hydrogen (secondary N) is 1. The summed E-state index contributed by atoms with van der Waals surface area (Å²) in [7, 11) is 0. The highest BCUT2D eigenvalue weighted by Gasteiger charge is 2.34. The molecule has 1 atom stereocenters. The van der Waals surface area contributed by atoms with E-state index in [2.05, 4.69) is 5.32 Å². The minimum atomic E-state index is -0.953. The Morgan fingerprint density at radius 2 is 1.92 bits per heavy atom. The van der Waals surface area contributed by atoms with Crippen molar-refractivity contribution < 1.29 is 19.5 Å². The first-order chi connectivity index (χ1) is 11.4. The van der Waals surface area contributed by atoms with E-state index in [1.54, 1.807) is 24.3 Å². The van der Waals surface area contributed by atoms with Crippen LogP contribution in [0.3, 0.4) is 0 Å². The van der Waals surface area contributed by atoms with Gasteiger partial charge in [-0.05, 0) is 36.5 Å². The number of carbonyl (C=O) groups excluding carboxylic acids is 2. The maximum absolute atomic E-state index is 12.5. The summed E-state index contributed by atoms with van der Waals surface area (Å²) in [5, 5.41) is 12.0. The summed E-state index contributed by atoms with van der Waals surface area (Å²) in [5.74, 6) is -0.889. The van der Waals surface area contributed by atoms with E-state index < -0.39 is 12.0 Å². The number of benzene rings is 1. The van der Waals surface area contributed by atoms with Gasteiger partial charge >= 0.3 is 5.97 Å². The maximum Gasteiger partial charge on any atom is 0.326 e. The molecular formula is C18H24N2O4. The predicted molar refractivity (Wildman–Crippen MR) is 89.4 cm³/mol. The first kappa shape index (κ1) is 18.0. The number of rotatable bonds is 6. The molecule has 1 saturated heterocycles. The topological polar surface area (TPSA) is 86.7 Å². The van der Waals surface area contributed by atoms with Crippen LogP contribution in [0, 0.1) is 5.92 Å². The Balaban J connectivity index is 1.95. The van der Waals surface area contributed by atoms with E-state index >= 15 is 0 Å². The summed E-state index contributed by atoms with van der Waals surface area (Å²) in [6, 6.07) is 6.21. The molecule has 0 bridgehead atoms. The molecule has 1 aliphatic heterocycles. The van der Waals surface area contributed by atoms with Crippen molar-refractivity contribution >= 4 is 17.8 Å². The van der Waals surface area contributed by atoms with Crippen molar-refractivity contribution in [3.8, 4) is 0 Å². The Bertz CT molecular complexity index is 610. The summed E-state index contributed by atoms with van der Waals surface area (Å²) >= 11 is 0. The zero-order chi connectivity index (χ0) is 17.7. The van der Waals surface area contributed by atoms with Crippen molar-refractivity contribution in [1.82, 2.24) is 10.2 Å². The van der Waals surface area contributed by atoms with E-state index in [9.17, 15) is 19.5 Å². The third kappa shape index (κ3) is 4.57. The molecule has 1 aromatic carbocycles. The Kier molecular flexibility index (Phi) is 5.95. The number of hydrogen-bond acceptors (Lipinski definition) is 3. The summed E-state index contributed by atoms with van der Waals surface area (Å²) in [4.78, 5) is 36.7. The van der Waals surface area contributed by atoms with Crippen molar-refractivity contribution in [2.24, 2.45) is 5.92 Å². The molecule has 6 nitrogen and oxygen atoms in total. The molecule has 2 rings (SSSR count). The van der Waals surface area contributed by atoms with Crippen LogP contribution >= 0.6 is 0 Å². The van der Waals surface area contributed by atoms with Gasteiger partial charge in [-0.2, -0.15) is 0 Å². The molecule has 1 fully saturated rings. The van der Waals surface area contributed by atoms with Gasteiger partial charge in [-0.3, -0.25) is 9.59 Å². The first-order valence-electron chi connectivity index (χ1n) is 8.28. The van der Waals surface area contributed by atoms with Gasteiger partial charge in [0.2, 0.25) is 5.91 Å². The van der Waals surface area contributed by atoms with Crippen LogP contribution in [0.25, 0.3) is 0 Å². The summed E-state index contributed by atoms with van der Waals surface area (Å²) in [6.45, 7) is 4.87. The molecule has 130 valence electrons. The van der Waals surface area contributed by atoms with Crippen LogP contribution in [0.2, 0.25) is 0 Å². The zero-order valence-electron chi connectivity index (χ0n) is 14.1. The molecule has 24 heavy (non-hydrogen) atoms. The second-order valence-corrected chi connectivity index (χ2v) is 6.57. The summed E-state index contributed by atoms with van der Waals surface area (Å²) in [5.41, 5.74) is 1.38. The standard InChI is InChI=1S/C18H24N2O4/c1-12(2)10-16(21)19-11-13-5-7-14(8-6-13)17(22)20-9-3-4-15(20)18(23)24/h5-8,12,15H,3-4,9-11H2,1-2H3,(H,19,21)(H,23,24). The number of carbonyl (C=O) groups is 3. The van der Waals surface area contributed by atoms with E-state index in [-0.39, 0.29) is 11.8 Å². The highest BCUT2D eigenvalue weighted by Crippen LogP contribution is 2.20. The van der Waals surface area contributed by atoms with Crippen molar-refractivity contribution in [2.75, 3.05) is 6.54 Å². The molecule has 2 N–H and O–H groups in total. The summed E-state index contributed by atoms with van der Waals surface area (Å²) in [6.07, 6.45) is 1.70. The minimum absolute atomic E-state index is 0.00604. The number of aliphatic carboxylic acids is 1. The second-order valence-electron chi connectivity index (χ2n) is 6.57. The molecule has 0 spiro atoms. The van der Waals surface area contributed by atoms with E-state index in [0.717, 1.165) is 5.56 Å². The monoisotopic (exact) mass is 332 g/mol. The molecule has 0 aliphatic carbocycles. The largest absolute Gasteiger partial charge is 0.480 e. The molecular weight excluding hydrogens is 308 g/mol. The van der Waals surface area contributed by atoms with Gasteiger partial charge in [0.05, 0.1) is 0 Å². The number of likely N-dealkylation sites (tertiary alicyclic amines) is 1. The van der Waals surface area contributed by atoms with E-state index in [4.69, 9.17) is 0 Å². The average molecular weight is 332 g/mol. The van der Waals surface area contributed by atoms with Gasteiger partial charge in [-0.15, -0.1) is 0 Å². The highest BCUT2D eigenvalue weighted by molar-refractivity contribution is 5.97. The molecule has 1 heterocycles. The fraction of sp³-hybridized carbons (Fsp3) is 0.500. The van der Waals surface area contributed by atoms with Crippen LogP contribution in [-0.4, -0.2) is 40.4 Å². The smallest absolute Gasteiger partial charge is 0.326 e. The van der Waals surface area contributed by atoms with Gasteiger partial charge in [-0.1, -0.05) is 26.0 Å². The second kappa shape index (κ2) is 7.95. The highest BCUT2D eigenvalue weighted by atomic mass is 16.4. The third-order valence-electron chi connectivity index (χ3n) is 4.08. The summed E-state index contributed by atoms with van der Waals surface area (Å²) < 4.78 is 0. The Morgan fingerprint density at radius 3 is 2.50 bits per heavy atom. The van der Waals surface area contributed by atoms with E-state index in [1.807, 2.05) is 13.8 Å². The van der Waals surface area contributed by atoms with Gasteiger partial charge in [-0.25, -0.2) is 4.79 Å². The number of carboxylic acids is 1. The number of nitrogens with zero attached hydrogens (tertiary/aromatic N) is 1. The Morgan fingerprint density at radius 1 is 1.25 bits per heavy atom. The Hall–Kier alpha value is -2.37. The zero-order valence-corrected chi connectivity index (χ0v) is 14.1. The molecule has 0 saturated carbocycles. The third-order valence-corrected chi connectivity index (χ3v) is 4.08. The minimum Gasteiger partial charge on any atom is -0.480 e. The van der Waals surface area contributed by atoms with Crippen molar-refractivity contribution in [1.29, 1.82) is 0 Å². The molecule has 1 unspecified atom stereocenters. The fourth-order valence-electron chi connectivity index (χ4n) is 2.84. The molecule has 0 aromatic heterocycles. The lowest BCUT2D eigenvalue weighted by molar-refractivity contribution is -0.141. The molecule has 0 radical (unpaired) electrons. The Labute approximate surface area is 141 Å². The van der Waals surface area contributed by atoms with Crippen LogP contribution < -0.4 is 5.32 Å². The lowest BCUT2D eigenvalue weighted by atomic mass is 10.1. The van der Waals surface area contributed by atoms with Crippen molar-refractivity contribution in [3.05, 3.63) is 35.4 Å². The fourth-order valence-corrected chi connectivity index (χ4v) is 2.84. The molecule has 6 heteroatoms. The molecule has 2 amide bonds. The lowest BCUT2D eigenvalue weighted by Crippen LogP contribution is -2.40. The van der Waals surface area contributed by atoms with Gasteiger partial charge in [0.15, 0.2) is 0 Å². The normalized spacial score (nSPS) is 17.1. The van der Waals surface area contributed by atoms with Gasteiger partial charge in [0.1, 0.15) is 6.04 Å². The lowest BCUT2D eigenvalue weighted by Gasteiger charge is -2.21. The SMILES string of the molecule is CC(C)CC(=O)NCc1ccc(C(=O)N2CCCC2C(=O)O)cc1. The molecule has 1 aliphatic rings. The van der Waals surface area contributed by atoms with Crippen LogP contribution in [0.15, 0.2) is 24.3 Å². The quantitative estimate of drug-likeness (QED) is 0.834. The van der Waals surface area contributed by atoms with Crippen LogP contribution in [0.5, 0.6) is 0 Å². The predicted octanol–water partition coefficient (Wildman–Crippen LogP) is 2.04. The van der Waals surface area contributed by atoms with Gasteiger partial charge in [0, 0.05) is 25.1 Å². The van der Waals surface area contributed by atoms with Gasteiger partial charge < -0.3 is 15.3 Å². The number of hydrogen-bond donors (Lipinski definition) is 2. The first-order valence-corrected chi connectivity index (χ1v) is 8.28. The van der Waals surface area contributed by atoms with E-state index in [0.29, 0.717) is 43.8 Å². The van der Waals surface area contributed by atoms with Crippen molar-refractivity contribution in [2.45, 2.75) is 45.7 Å². The van der Waals surface area contributed by atoms with Crippen molar-refractivity contribution in [3.63, 3.8) is 0 Å².